The monoisotopic (exact) mass is 282 g/mol. The molecule has 0 unspecified atom stereocenters. The highest BCUT2D eigenvalue weighted by Crippen LogP contribution is 2.24. The molecule has 1 radical (unpaired) electrons. The van der Waals surface area contributed by atoms with Crippen LogP contribution < -0.4 is 5.46 Å². The second-order valence-corrected chi connectivity index (χ2v) is 6.16. The van der Waals surface area contributed by atoms with Gasteiger partial charge in [0, 0.05) is 12.4 Å². The molecule has 0 amide bonds. The van der Waals surface area contributed by atoms with Crippen molar-refractivity contribution in [3.8, 4) is 11.1 Å². The summed E-state index contributed by atoms with van der Waals surface area (Å²) < 4.78 is 5.74. The van der Waals surface area contributed by atoms with Crippen LogP contribution in [-0.2, 0) is 4.65 Å². The molecule has 0 saturated heterocycles. The summed E-state index contributed by atoms with van der Waals surface area (Å²) in [6, 6.07) is 12.0. The Labute approximate surface area is 127 Å². The van der Waals surface area contributed by atoms with Gasteiger partial charge in [-0.1, -0.05) is 29.7 Å². The highest BCUT2D eigenvalue weighted by molar-refractivity contribution is 6.47. The van der Waals surface area contributed by atoms with Crippen LogP contribution in [0.15, 0.2) is 48.8 Å². The van der Waals surface area contributed by atoms with E-state index in [2.05, 4.69) is 4.98 Å². The van der Waals surface area contributed by atoms with Crippen LogP contribution >= 0.6 is 0 Å². The van der Waals surface area contributed by atoms with E-state index in [1.54, 1.807) is 33.7 Å². The zero-order valence-corrected chi connectivity index (χ0v) is 13.0. The lowest BCUT2D eigenvalue weighted by atomic mass is 9.82. The molecule has 0 aliphatic heterocycles. The normalized spacial score (nSPS) is 12.2. The number of nitrogens with zero attached hydrogens (tertiary/aromatic N) is 1. The molecule has 2 aromatic rings. The summed E-state index contributed by atoms with van der Waals surface area (Å²) >= 11 is 0. The molecule has 4 heteroatoms. The second kappa shape index (κ2) is 6.00. The lowest BCUT2D eigenvalue weighted by Gasteiger charge is -2.37. The fourth-order valence-corrected chi connectivity index (χ4v) is 1.66. The smallest absolute Gasteiger partial charge is 0.330 e. The van der Waals surface area contributed by atoms with Crippen molar-refractivity contribution < 1.29 is 9.76 Å². The Morgan fingerprint density at radius 2 is 1.43 bits per heavy atom. The van der Waals surface area contributed by atoms with Gasteiger partial charge in [-0.3, -0.25) is 4.98 Å². The third-order valence-corrected chi connectivity index (χ3v) is 3.89. The summed E-state index contributed by atoms with van der Waals surface area (Å²) in [7, 11) is 1.69. The molecule has 1 aromatic heterocycles. The van der Waals surface area contributed by atoms with Crippen LogP contribution in [0.2, 0.25) is 0 Å². The minimum Gasteiger partial charge on any atom is -0.427 e. The first kappa shape index (κ1) is 15.7. The van der Waals surface area contributed by atoms with Gasteiger partial charge in [-0.05, 0) is 51.0 Å². The molecule has 0 spiro atoms. The van der Waals surface area contributed by atoms with Gasteiger partial charge in [0.25, 0.3) is 0 Å². The molecule has 0 atom stereocenters. The van der Waals surface area contributed by atoms with Gasteiger partial charge in [0.05, 0.1) is 11.2 Å². The van der Waals surface area contributed by atoms with E-state index >= 15 is 0 Å². The largest absolute Gasteiger partial charge is 0.427 e. The first-order valence-corrected chi connectivity index (χ1v) is 7.03. The van der Waals surface area contributed by atoms with Crippen LogP contribution in [0.1, 0.15) is 27.7 Å². The van der Waals surface area contributed by atoms with E-state index in [1.165, 1.54) is 0 Å². The highest BCUT2D eigenvalue weighted by atomic mass is 16.5. The topological polar surface area (TPSA) is 42.4 Å². The Morgan fingerprint density at radius 3 is 1.95 bits per heavy atom. The number of pyridine rings is 1. The predicted octanol–water partition coefficient (Wildman–Crippen LogP) is 2.56. The Balaban J connectivity index is 2.04. The van der Waals surface area contributed by atoms with E-state index in [1.807, 2.05) is 50.2 Å². The SMILES string of the molecule is CC(C)(O)C(C)(C)O[B]c1ccc(-c2ccncc2)cc1. The van der Waals surface area contributed by atoms with Gasteiger partial charge in [0.15, 0.2) is 0 Å². The van der Waals surface area contributed by atoms with Crippen molar-refractivity contribution >= 4 is 12.9 Å². The lowest BCUT2D eigenvalue weighted by molar-refractivity contribution is -0.0893. The second-order valence-electron chi connectivity index (χ2n) is 6.16. The van der Waals surface area contributed by atoms with Crippen LogP contribution in [0, 0.1) is 0 Å². The van der Waals surface area contributed by atoms with Crippen molar-refractivity contribution in [2.24, 2.45) is 0 Å². The molecule has 0 fully saturated rings. The zero-order valence-electron chi connectivity index (χ0n) is 13.0. The van der Waals surface area contributed by atoms with Crippen molar-refractivity contribution in [2.75, 3.05) is 0 Å². The molecule has 0 saturated carbocycles. The molecule has 0 aliphatic carbocycles. The average Bonchev–Trinajstić information content (AvgIpc) is 2.45. The Kier molecular flexibility index (Phi) is 4.50. The number of benzene rings is 1. The van der Waals surface area contributed by atoms with Crippen molar-refractivity contribution in [1.82, 2.24) is 4.98 Å². The maximum atomic E-state index is 10.1. The molecular weight excluding hydrogens is 261 g/mol. The van der Waals surface area contributed by atoms with Crippen LogP contribution in [0.5, 0.6) is 0 Å². The van der Waals surface area contributed by atoms with E-state index in [0.29, 0.717) is 0 Å². The molecule has 1 N–H and O–H groups in total. The quantitative estimate of drug-likeness (QED) is 0.857. The first-order valence-electron chi connectivity index (χ1n) is 7.03. The standard InChI is InChI=1S/C17H21BNO2/c1-16(2,20)17(3,4)21-18-15-7-5-13(6-8-15)14-9-11-19-12-10-14/h5-12,20H,1-4H3. The van der Waals surface area contributed by atoms with E-state index in [0.717, 1.165) is 16.6 Å². The molecule has 0 aliphatic rings. The van der Waals surface area contributed by atoms with E-state index in [9.17, 15) is 5.11 Å². The Morgan fingerprint density at radius 1 is 0.905 bits per heavy atom. The molecule has 1 heterocycles. The van der Waals surface area contributed by atoms with Gasteiger partial charge in [0.2, 0.25) is 0 Å². The Hall–Kier alpha value is -1.65. The van der Waals surface area contributed by atoms with Crippen molar-refractivity contribution in [3.05, 3.63) is 48.8 Å². The zero-order chi connectivity index (χ0) is 15.5. The number of hydrogen-bond donors (Lipinski definition) is 1. The van der Waals surface area contributed by atoms with Crippen molar-refractivity contribution in [1.29, 1.82) is 0 Å². The molecule has 2 rings (SSSR count). The Bertz CT molecular complexity index is 574. The summed E-state index contributed by atoms with van der Waals surface area (Å²) in [4.78, 5) is 4.02. The molecule has 109 valence electrons. The van der Waals surface area contributed by atoms with Gasteiger partial charge < -0.3 is 9.76 Å². The summed E-state index contributed by atoms with van der Waals surface area (Å²) in [5.74, 6) is 0. The number of rotatable bonds is 5. The summed E-state index contributed by atoms with van der Waals surface area (Å²) in [5.41, 5.74) is 1.66. The summed E-state index contributed by atoms with van der Waals surface area (Å²) in [5, 5.41) is 10.1. The molecule has 21 heavy (non-hydrogen) atoms. The maximum absolute atomic E-state index is 10.1. The number of aromatic nitrogens is 1. The fourth-order valence-electron chi connectivity index (χ4n) is 1.66. The minimum atomic E-state index is -0.916. The number of hydrogen-bond acceptors (Lipinski definition) is 3. The van der Waals surface area contributed by atoms with Gasteiger partial charge in [-0.2, -0.15) is 0 Å². The molecule has 3 nitrogen and oxygen atoms in total. The lowest BCUT2D eigenvalue weighted by Crippen LogP contribution is -2.49. The summed E-state index contributed by atoms with van der Waals surface area (Å²) in [6.45, 7) is 7.23. The molecular formula is C17H21BNO2. The summed E-state index contributed by atoms with van der Waals surface area (Å²) in [6.07, 6.45) is 3.56. The molecule has 1 aromatic carbocycles. The third kappa shape index (κ3) is 3.93. The predicted molar refractivity (Wildman–Crippen MR) is 86.5 cm³/mol. The third-order valence-electron chi connectivity index (χ3n) is 3.89. The maximum Gasteiger partial charge on any atom is 0.330 e. The van der Waals surface area contributed by atoms with Crippen LogP contribution in [0.4, 0.5) is 0 Å². The first-order chi connectivity index (χ1) is 9.79. The number of aliphatic hydroxyl groups is 1. The van der Waals surface area contributed by atoms with Crippen LogP contribution in [0.3, 0.4) is 0 Å². The fraction of sp³-hybridized carbons (Fsp3) is 0.353. The van der Waals surface area contributed by atoms with Crippen LogP contribution in [-0.4, -0.2) is 28.8 Å². The van der Waals surface area contributed by atoms with E-state index < -0.39 is 11.2 Å². The minimum absolute atomic E-state index is 0.656. The van der Waals surface area contributed by atoms with Gasteiger partial charge in [-0.25, -0.2) is 0 Å². The van der Waals surface area contributed by atoms with Crippen molar-refractivity contribution in [3.63, 3.8) is 0 Å². The average molecular weight is 282 g/mol. The van der Waals surface area contributed by atoms with Crippen LogP contribution in [0.25, 0.3) is 11.1 Å². The van der Waals surface area contributed by atoms with Gasteiger partial charge in [-0.15, -0.1) is 0 Å². The molecule has 0 bridgehead atoms. The van der Waals surface area contributed by atoms with E-state index in [4.69, 9.17) is 4.65 Å². The van der Waals surface area contributed by atoms with E-state index in [-0.39, 0.29) is 0 Å². The highest BCUT2D eigenvalue weighted by Gasteiger charge is 2.35. The van der Waals surface area contributed by atoms with Gasteiger partial charge in [0.1, 0.15) is 0 Å². The van der Waals surface area contributed by atoms with Gasteiger partial charge >= 0.3 is 7.48 Å². The van der Waals surface area contributed by atoms with Crippen molar-refractivity contribution in [2.45, 2.75) is 38.9 Å².